The molecule has 3 heteroatoms. The Labute approximate surface area is 71.8 Å². The first-order valence-electron chi connectivity index (χ1n) is 4.00. The zero-order valence-electron chi connectivity index (χ0n) is 7.34. The van der Waals surface area contributed by atoms with Crippen LogP contribution in [0.3, 0.4) is 0 Å². The second-order valence-electron chi connectivity index (χ2n) is 2.85. The molecule has 1 heterocycles. The number of halogens is 1. The summed E-state index contributed by atoms with van der Waals surface area (Å²) in [4.78, 5) is 3.57. The van der Waals surface area contributed by atoms with Crippen molar-refractivity contribution in [1.82, 2.24) is 10.3 Å². The molecule has 0 amide bonds. The highest BCUT2D eigenvalue weighted by Crippen LogP contribution is 2.05. The molecule has 0 fully saturated rings. The number of likely N-dealkylation sites (N-methyl/N-ethyl adjacent to an activating group) is 1. The van der Waals surface area contributed by atoms with Gasteiger partial charge in [0.15, 0.2) is 0 Å². The fourth-order valence-electron chi connectivity index (χ4n) is 1.00. The van der Waals surface area contributed by atoms with Gasteiger partial charge < -0.3 is 5.32 Å². The normalized spacial score (nSPS) is 12.9. The number of pyridine rings is 1. The van der Waals surface area contributed by atoms with Gasteiger partial charge in [0.05, 0.1) is 0 Å². The van der Waals surface area contributed by atoms with Crippen LogP contribution >= 0.6 is 0 Å². The number of nitrogens with zero attached hydrogens (tertiary/aromatic N) is 1. The predicted octanol–water partition coefficient (Wildman–Crippen LogP) is 1.37. The summed E-state index contributed by atoms with van der Waals surface area (Å²) in [5.41, 5.74) is 0.666. The van der Waals surface area contributed by atoms with Crippen LogP contribution in [0.4, 0.5) is 4.39 Å². The second kappa shape index (κ2) is 4.16. The van der Waals surface area contributed by atoms with Crippen LogP contribution < -0.4 is 5.32 Å². The Morgan fingerprint density at radius 2 is 2.42 bits per heavy atom. The van der Waals surface area contributed by atoms with E-state index in [0.29, 0.717) is 12.0 Å². The van der Waals surface area contributed by atoms with Crippen molar-refractivity contribution in [3.05, 3.63) is 29.8 Å². The van der Waals surface area contributed by atoms with Crippen molar-refractivity contribution >= 4 is 0 Å². The molecule has 1 aromatic heterocycles. The van der Waals surface area contributed by atoms with Crippen molar-refractivity contribution in [3.8, 4) is 0 Å². The van der Waals surface area contributed by atoms with E-state index in [1.165, 1.54) is 6.20 Å². The topological polar surface area (TPSA) is 24.9 Å². The van der Waals surface area contributed by atoms with Gasteiger partial charge in [-0.25, -0.2) is 4.98 Å². The van der Waals surface area contributed by atoms with Crippen LogP contribution in [0.2, 0.25) is 0 Å². The maximum atomic E-state index is 12.9. The Balaban J connectivity index is 2.69. The van der Waals surface area contributed by atoms with E-state index in [2.05, 4.69) is 10.3 Å². The molecule has 0 saturated heterocycles. The van der Waals surface area contributed by atoms with Crippen molar-refractivity contribution in [1.29, 1.82) is 0 Å². The summed E-state index contributed by atoms with van der Waals surface area (Å²) in [7, 11) is 1.86. The highest BCUT2D eigenvalue weighted by Gasteiger charge is 2.05. The van der Waals surface area contributed by atoms with Gasteiger partial charge in [0.2, 0.25) is 5.95 Å². The Morgan fingerprint density at radius 3 is 3.00 bits per heavy atom. The van der Waals surface area contributed by atoms with E-state index in [4.69, 9.17) is 0 Å². The molecule has 1 N–H and O–H groups in total. The van der Waals surface area contributed by atoms with Gasteiger partial charge >= 0.3 is 0 Å². The molecule has 1 aromatic rings. The molecule has 12 heavy (non-hydrogen) atoms. The van der Waals surface area contributed by atoms with Gasteiger partial charge in [-0.2, -0.15) is 4.39 Å². The van der Waals surface area contributed by atoms with E-state index >= 15 is 0 Å². The van der Waals surface area contributed by atoms with Gasteiger partial charge in [0.25, 0.3) is 0 Å². The minimum atomic E-state index is -0.361. The minimum absolute atomic E-state index is 0.281. The molecule has 0 spiro atoms. The molecule has 0 aliphatic heterocycles. The van der Waals surface area contributed by atoms with E-state index in [9.17, 15) is 4.39 Å². The van der Waals surface area contributed by atoms with Crippen LogP contribution in [-0.4, -0.2) is 18.1 Å². The van der Waals surface area contributed by atoms with Crippen LogP contribution in [0, 0.1) is 5.95 Å². The van der Waals surface area contributed by atoms with Gasteiger partial charge in [0, 0.05) is 17.8 Å². The summed E-state index contributed by atoms with van der Waals surface area (Å²) in [5.74, 6) is -0.361. The fourth-order valence-corrected chi connectivity index (χ4v) is 1.00. The third-order valence-corrected chi connectivity index (χ3v) is 1.86. The van der Waals surface area contributed by atoms with Crippen molar-refractivity contribution in [3.63, 3.8) is 0 Å². The summed E-state index contributed by atoms with van der Waals surface area (Å²) in [6.45, 7) is 2.01. The Morgan fingerprint density at radius 1 is 1.67 bits per heavy atom. The van der Waals surface area contributed by atoms with Crippen LogP contribution in [0.25, 0.3) is 0 Å². The molecule has 66 valence electrons. The molecule has 1 atom stereocenters. The van der Waals surface area contributed by atoms with Crippen LogP contribution in [0.15, 0.2) is 18.3 Å². The fraction of sp³-hybridized carbons (Fsp3) is 0.444. The molecule has 0 aromatic carbocycles. The molecule has 0 saturated carbocycles. The van der Waals surface area contributed by atoms with Crippen molar-refractivity contribution < 1.29 is 4.39 Å². The Bertz CT molecular complexity index is 250. The molecular weight excluding hydrogens is 155 g/mol. The van der Waals surface area contributed by atoms with E-state index in [-0.39, 0.29) is 12.0 Å². The van der Waals surface area contributed by atoms with E-state index in [1.54, 1.807) is 12.1 Å². The van der Waals surface area contributed by atoms with E-state index in [0.717, 1.165) is 0 Å². The minimum Gasteiger partial charge on any atom is -0.317 e. The number of aromatic nitrogens is 1. The van der Waals surface area contributed by atoms with Gasteiger partial charge in [-0.05, 0) is 26.5 Å². The second-order valence-corrected chi connectivity index (χ2v) is 2.85. The molecule has 1 rings (SSSR count). The summed E-state index contributed by atoms with van der Waals surface area (Å²) >= 11 is 0. The number of hydrogen-bond acceptors (Lipinski definition) is 2. The van der Waals surface area contributed by atoms with Gasteiger partial charge in [-0.3, -0.25) is 0 Å². The lowest BCUT2D eigenvalue weighted by molar-refractivity contribution is 0.538. The van der Waals surface area contributed by atoms with Gasteiger partial charge in [-0.15, -0.1) is 0 Å². The third kappa shape index (κ3) is 2.27. The van der Waals surface area contributed by atoms with Crippen molar-refractivity contribution in [2.24, 2.45) is 0 Å². The lowest BCUT2D eigenvalue weighted by atomic mass is 10.1. The molecule has 0 aliphatic carbocycles. The van der Waals surface area contributed by atoms with E-state index < -0.39 is 0 Å². The lowest BCUT2D eigenvalue weighted by Gasteiger charge is -2.09. The average molecular weight is 168 g/mol. The van der Waals surface area contributed by atoms with Gasteiger partial charge in [0.1, 0.15) is 0 Å². The maximum Gasteiger partial charge on any atom is 0.216 e. The highest BCUT2D eigenvalue weighted by molar-refractivity contribution is 5.11. The standard InChI is InChI=1S/C9H13FN2/c1-7(11-2)6-8-4-3-5-12-9(8)10/h3-5,7,11H,6H2,1-2H3. The number of nitrogens with one attached hydrogen (secondary N) is 1. The van der Waals surface area contributed by atoms with Crippen LogP contribution in [0.1, 0.15) is 12.5 Å². The number of rotatable bonds is 3. The first-order valence-corrected chi connectivity index (χ1v) is 4.00. The summed E-state index contributed by atoms with van der Waals surface area (Å²) in [6.07, 6.45) is 2.14. The summed E-state index contributed by atoms with van der Waals surface area (Å²) < 4.78 is 12.9. The Hall–Kier alpha value is -0.960. The first-order chi connectivity index (χ1) is 5.74. The molecule has 1 unspecified atom stereocenters. The summed E-state index contributed by atoms with van der Waals surface area (Å²) in [5, 5.41) is 3.05. The van der Waals surface area contributed by atoms with Crippen molar-refractivity contribution in [2.75, 3.05) is 7.05 Å². The molecule has 2 nitrogen and oxygen atoms in total. The SMILES string of the molecule is CNC(C)Cc1cccnc1F. The summed E-state index contributed by atoms with van der Waals surface area (Å²) in [6, 6.07) is 3.79. The molecule has 0 radical (unpaired) electrons. The quantitative estimate of drug-likeness (QED) is 0.689. The number of hydrogen-bond donors (Lipinski definition) is 1. The highest BCUT2D eigenvalue weighted by atomic mass is 19.1. The predicted molar refractivity (Wildman–Crippen MR) is 46.4 cm³/mol. The van der Waals surface area contributed by atoms with E-state index in [1.807, 2.05) is 14.0 Å². The Kier molecular flexibility index (Phi) is 3.17. The first kappa shape index (κ1) is 9.13. The zero-order chi connectivity index (χ0) is 8.97. The molecule has 0 aliphatic rings. The maximum absolute atomic E-state index is 12.9. The van der Waals surface area contributed by atoms with Crippen molar-refractivity contribution in [2.45, 2.75) is 19.4 Å². The smallest absolute Gasteiger partial charge is 0.216 e. The molecular formula is C9H13FN2. The largest absolute Gasteiger partial charge is 0.317 e. The lowest BCUT2D eigenvalue weighted by Crippen LogP contribution is -2.24. The third-order valence-electron chi connectivity index (χ3n) is 1.86. The molecule has 0 bridgehead atoms. The van der Waals surface area contributed by atoms with Crippen LogP contribution in [0.5, 0.6) is 0 Å². The average Bonchev–Trinajstić information content (AvgIpc) is 2.09. The monoisotopic (exact) mass is 168 g/mol. The van der Waals surface area contributed by atoms with Crippen LogP contribution in [-0.2, 0) is 6.42 Å². The zero-order valence-corrected chi connectivity index (χ0v) is 7.34. The van der Waals surface area contributed by atoms with Gasteiger partial charge in [-0.1, -0.05) is 6.07 Å².